The second kappa shape index (κ2) is 5.32. The largest absolute Gasteiger partial charge is 0.478 e. The van der Waals surface area contributed by atoms with Crippen LogP contribution in [0.25, 0.3) is 11.0 Å². The van der Waals surface area contributed by atoms with Crippen molar-refractivity contribution in [2.24, 2.45) is 0 Å². The zero-order valence-corrected chi connectivity index (χ0v) is 11.6. The molecule has 0 radical (unpaired) electrons. The van der Waals surface area contributed by atoms with Gasteiger partial charge in [0.1, 0.15) is 6.04 Å². The molecule has 2 N–H and O–H groups in total. The molecule has 2 aromatic rings. The molecular weight excluding hydrogens is 258 g/mol. The number of carbonyl (C=O) groups is 2. The summed E-state index contributed by atoms with van der Waals surface area (Å²) in [7, 11) is 0. The van der Waals surface area contributed by atoms with Gasteiger partial charge in [0.25, 0.3) is 0 Å². The number of imidazole rings is 1. The van der Waals surface area contributed by atoms with Gasteiger partial charge in [-0.2, -0.15) is 0 Å². The second-order valence-electron chi connectivity index (χ2n) is 5.00. The van der Waals surface area contributed by atoms with Gasteiger partial charge >= 0.3 is 5.97 Å². The first-order valence-electron chi connectivity index (χ1n) is 6.40. The van der Waals surface area contributed by atoms with E-state index >= 15 is 0 Å². The van der Waals surface area contributed by atoms with Gasteiger partial charge in [0.05, 0.1) is 22.9 Å². The van der Waals surface area contributed by atoms with Gasteiger partial charge in [-0.05, 0) is 39.0 Å². The highest BCUT2D eigenvalue weighted by Crippen LogP contribution is 2.19. The lowest BCUT2D eigenvalue weighted by Crippen LogP contribution is -2.35. The minimum atomic E-state index is -1.00. The Morgan fingerprint density at radius 1 is 1.30 bits per heavy atom. The number of carbonyl (C=O) groups excluding carboxylic acids is 1. The van der Waals surface area contributed by atoms with Crippen LogP contribution in [0.15, 0.2) is 24.5 Å². The first-order chi connectivity index (χ1) is 9.40. The molecule has 1 aromatic heterocycles. The summed E-state index contributed by atoms with van der Waals surface area (Å²) in [6.45, 7) is 5.53. The zero-order chi connectivity index (χ0) is 14.9. The zero-order valence-electron chi connectivity index (χ0n) is 11.6. The molecule has 0 aliphatic carbocycles. The van der Waals surface area contributed by atoms with Crippen LogP contribution in [0, 0.1) is 0 Å². The van der Waals surface area contributed by atoms with E-state index < -0.39 is 12.0 Å². The van der Waals surface area contributed by atoms with E-state index in [4.69, 9.17) is 5.11 Å². The van der Waals surface area contributed by atoms with Crippen molar-refractivity contribution in [1.82, 2.24) is 14.9 Å². The predicted molar refractivity (Wildman–Crippen MR) is 74.7 cm³/mol. The lowest BCUT2D eigenvalue weighted by Gasteiger charge is -2.16. The molecule has 1 amide bonds. The molecule has 1 unspecified atom stereocenters. The molecule has 0 aliphatic rings. The van der Waals surface area contributed by atoms with Crippen LogP contribution in [0.3, 0.4) is 0 Å². The number of fused-ring (bicyclic) bond motifs is 1. The van der Waals surface area contributed by atoms with Crippen molar-refractivity contribution in [3.8, 4) is 0 Å². The molecule has 1 aromatic carbocycles. The predicted octanol–water partition coefficient (Wildman–Crippen LogP) is 1.82. The van der Waals surface area contributed by atoms with Gasteiger partial charge in [0.15, 0.2) is 0 Å². The van der Waals surface area contributed by atoms with Crippen LogP contribution in [-0.2, 0) is 4.79 Å². The number of aromatic nitrogens is 2. The first-order valence-corrected chi connectivity index (χ1v) is 6.40. The number of rotatable bonds is 4. The summed E-state index contributed by atoms with van der Waals surface area (Å²) in [5, 5.41) is 11.9. The van der Waals surface area contributed by atoms with Gasteiger partial charge in [-0.25, -0.2) is 9.78 Å². The van der Waals surface area contributed by atoms with Gasteiger partial charge in [0.2, 0.25) is 5.91 Å². The molecule has 0 aliphatic heterocycles. The summed E-state index contributed by atoms with van der Waals surface area (Å²) in [5.41, 5.74) is 1.48. The average molecular weight is 275 g/mol. The quantitative estimate of drug-likeness (QED) is 0.891. The third kappa shape index (κ3) is 2.64. The minimum Gasteiger partial charge on any atom is -0.478 e. The highest BCUT2D eigenvalue weighted by molar-refractivity contribution is 5.93. The van der Waals surface area contributed by atoms with Crippen LogP contribution < -0.4 is 5.32 Å². The van der Waals surface area contributed by atoms with Crippen molar-refractivity contribution < 1.29 is 14.7 Å². The van der Waals surface area contributed by atoms with Crippen molar-refractivity contribution in [3.63, 3.8) is 0 Å². The minimum absolute atomic E-state index is 0.0503. The van der Waals surface area contributed by atoms with Crippen molar-refractivity contribution in [3.05, 3.63) is 30.1 Å². The summed E-state index contributed by atoms with van der Waals surface area (Å²) >= 11 is 0. The second-order valence-corrected chi connectivity index (χ2v) is 5.00. The van der Waals surface area contributed by atoms with Crippen molar-refractivity contribution in [2.45, 2.75) is 32.9 Å². The molecule has 0 saturated carbocycles. The third-order valence-electron chi connectivity index (χ3n) is 3.05. The van der Waals surface area contributed by atoms with E-state index in [0.29, 0.717) is 11.0 Å². The Labute approximate surface area is 116 Å². The Kier molecular flexibility index (Phi) is 3.74. The van der Waals surface area contributed by atoms with Gasteiger partial charge in [-0.3, -0.25) is 4.79 Å². The average Bonchev–Trinajstić information content (AvgIpc) is 2.79. The van der Waals surface area contributed by atoms with E-state index in [9.17, 15) is 9.59 Å². The maximum absolute atomic E-state index is 12.0. The maximum Gasteiger partial charge on any atom is 0.335 e. The number of hydrogen-bond acceptors (Lipinski definition) is 3. The lowest BCUT2D eigenvalue weighted by atomic mass is 10.2. The molecule has 0 bridgehead atoms. The number of hydrogen-bond donors (Lipinski definition) is 2. The fraction of sp³-hybridized carbons (Fsp3) is 0.357. The Hall–Kier alpha value is -2.37. The maximum atomic E-state index is 12.0. The summed E-state index contributed by atoms with van der Waals surface area (Å²) in [4.78, 5) is 27.2. The summed E-state index contributed by atoms with van der Waals surface area (Å²) in [6, 6.07) is 4.27. The first kappa shape index (κ1) is 14.0. The van der Waals surface area contributed by atoms with E-state index in [1.165, 1.54) is 12.1 Å². The van der Waals surface area contributed by atoms with E-state index in [-0.39, 0.29) is 17.5 Å². The van der Waals surface area contributed by atoms with Gasteiger partial charge in [0, 0.05) is 6.04 Å². The van der Waals surface area contributed by atoms with Gasteiger partial charge in [-0.15, -0.1) is 0 Å². The van der Waals surface area contributed by atoms with Crippen LogP contribution in [0.4, 0.5) is 0 Å². The van der Waals surface area contributed by atoms with Crippen molar-refractivity contribution in [2.75, 3.05) is 0 Å². The molecule has 20 heavy (non-hydrogen) atoms. The molecule has 0 fully saturated rings. The number of amides is 1. The van der Waals surface area contributed by atoms with Crippen LogP contribution >= 0.6 is 0 Å². The number of aromatic carboxylic acids is 1. The third-order valence-corrected chi connectivity index (χ3v) is 3.05. The van der Waals surface area contributed by atoms with Crippen LogP contribution in [0.1, 0.15) is 37.2 Å². The van der Waals surface area contributed by atoms with E-state index in [1.54, 1.807) is 23.9 Å². The summed E-state index contributed by atoms with van der Waals surface area (Å²) in [5.74, 6) is -1.13. The normalized spacial score (nSPS) is 12.6. The molecule has 106 valence electrons. The molecule has 6 nitrogen and oxygen atoms in total. The van der Waals surface area contributed by atoms with Gasteiger partial charge < -0.3 is 15.0 Å². The summed E-state index contributed by atoms with van der Waals surface area (Å²) < 4.78 is 1.68. The van der Waals surface area contributed by atoms with Crippen LogP contribution in [0.5, 0.6) is 0 Å². The highest BCUT2D eigenvalue weighted by Gasteiger charge is 2.18. The summed E-state index contributed by atoms with van der Waals surface area (Å²) in [6.07, 6.45) is 1.56. The number of benzene rings is 1. The Morgan fingerprint density at radius 2 is 2.00 bits per heavy atom. The fourth-order valence-electron chi connectivity index (χ4n) is 2.00. The number of nitrogens with one attached hydrogen (secondary N) is 1. The Morgan fingerprint density at radius 3 is 2.60 bits per heavy atom. The SMILES string of the molecule is CC(C)NC(=O)C(C)n1cnc2ccc(C(=O)O)cc21. The lowest BCUT2D eigenvalue weighted by molar-refractivity contribution is -0.124. The molecular formula is C14H17N3O3. The molecule has 1 heterocycles. The van der Waals surface area contributed by atoms with E-state index in [1.807, 2.05) is 13.8 Å². The van der Waals surface area contributed by atoms with Crippen molar-refractivity contribution in [1.29, 1.82) is 0 Å². The Balaban J connectivity index is 2.41. The topological polar surface area (TPSA) is 84.2 Å². The van der Waals surface area contributed by atoms with E-state index in [2.05, 4.69) is 10.3 Å². The highest BCUT2D eigenvalue weighted by atomic mass is 16.4. The molecule has 2 rings (SSSR count). The van der Waals surface area contributed by atoms with Gasteiger partial charge in [-0.1, -0.05) is 0 Å². The molecule has 1 atom stereocenters. The number of nitrogens with zero attached hydrogens (tertiary/aromatic N) is 2. The van der Waals surface area contributed by atoms with Crippen LogP contribution in [0.2, 0.25) is 0 Å². The Bertz CT molecular complexity index is 661. The molecule has 0 spiro atoms. The number of carboxylic acid groups (broad SMARTS) is 1. The molecule has 6 heteroatoms. The smallest absolute Gasteiger partial charge is 0.335 e. The van der Waals surface area contributed by atoms with Crippen molar-refractivity contribution >= 4 is 22.9 Å². The van der Waals surface area contributed by atoms with Crippen LogP contribution in [-0.4, -0.2) is 32.6 Å². The number of carboxylic acids is 1. The standard InChI is InChI=1S/C14H17N3O3/c1-8(2)16-13(18)9(3)17-7-15-11-5-4-10(14(19)20)6-12(11)17/h4-9H,1-3H3,(H,16,18)(H,19,20). The monoisotopic (exact) mass is 275 g/mol. The van der Waals surface area contributed by atoms with E-state index in [0.717, 1.165) is 0 Å². The fourth-order valence-corrected chi connectivity index (χ4v) is 2.00. The molecule has 0 saturated heterocycles.